The summed E-state index contributed by atoms with van der Waals surface area (Å²) in [5.41, 5.74) is 0.749. The summed E-state index contributed by atoms with van der Waals surface area (Å²) in [6.07, 6.45) is 1.44. The lowest BCUT2D eigenvalue weighted by molar-refractivity contribution is 0.621. The molecule has 0 bridgehead atoms. The number of benzene rings is 1. The molecule has 16 heavy (non-hydrogen) atoms. The molecule has 0 radical (unpaired) electrons. The van der Waals surface area contributed by atoms with Crippen molar-refractivity contribution in [3.63, 3.8) is 0 Å². The van der Waals surface area contributed by atoms with Crippen LogP contribution >= 0.6 is 31.9 Å². The summed E-state index contributed by atoms with van der Waals surface area (Å²) in [6, 6.07) is 6.39. The summed E-state index contributed by atoms with van der Waals surface area (Å²) in [6.45, 7) is 0. The lowest BCUT2D eigenvalue weighted by Gasteiger charge is -2.06. The zero-order valence-corrected chi connectivity index (χ0v) is 11.1. The largest absolute Gasteiger partial charge is 0.340 e. The molecule has 0 fully saturated rings. The second kappa shape index (κ2) is 4.88. The molecule has 0 atom stereocenters. The van der Waals surface area contributed by atoms with Gasteiger partial charge in [0.15, 0.2) is 0 Å². The molecule has 0 aliphatic carbocycles. The predicted octanol–water partition coefficient (Wildman–Crippen LogP) is 3.88. The average Bonchev–Trinajstić information content (AvgIpc) is 2.24. The number of hydrogen-bond acceptors (Lipinski definition) is 3. The maximum atomic E-state index is 13.0. The number of aromatic nitrogens is 2. The van der Waals surface area contributed by atoms with Crippen LogP contribution < -0.4 is 5.32 Å². The number of nitrogens with one attached hydrogen (secondary N) is 1. The molecule has 6 heteroatoms. The lowest BCUT2D eigenvalue weighted by Crippen LogP contribution is -1.94. The zero-order valence-electron chi connectivity index (χ0n) is 7.92. The summed E-state index contributed by atoms with van der Waals surface area (Å²) in [4.78, 5) is 7.94. The molecule has 1 heterocycles. The van der Waals surface area contributed by atoms with Gasteiger partial charge in [0.05, 0.1) is 4.47 Å². The number of hydrogen-bond donors (Lipinski definition) is 1. The zero-order chi connectivity index (χ0) is 11.5. The van der Waals surface area contributed by atoms with Crippen molar-refractivity contribution in [1.82, 2.24) is 9.97 Å². The highest BCUT2D eigenvalue weighted by molar-refractivity contribution is 9.10. The molecule has 1 aromatic carbocycles. The van der Waals surface area contributed by atoms with E-state index in [9.17, 15) is 4.39 Å². The maximum absolute atomic E-state index is 13.0. The van der Waals surface area contributed by atoms with Crippen molar-refractivity contribution in [1.29, 1.82) is 0 Å². The molecule has 1 aromatic heterocycles. The molecule has 0 saturated carbocycles. The van der Waals surface area contributed by atoms with E-state index >= 15 is 0 Å². The number of rotatable bonds is 2. The third-order valence-corrected chi connectivity index (χ3v) is 2.87. The smallest absolute Gasteiger partial charge is 0.137 e. The fourth-order valence-corrected chi connectivity index (χ4v) is 1.81. The van der Waals surface area contributed by atoms with Crippen LogP contribution in [0.25, 0.3) is 0 Å². The second-order valence-corrected chi connectivity index (χ2v) is 4.65. The first-order chi connectivity index (χ1) is 7.65. The molecular formula is C10H6Br2FN3. The Morgan fingerprint density at radius 3 is 2.62 bits per heavy atom. The van der Waals surface area contributed by atoms with E-state index in [2.05, 4.69) is 47.1 Å². The van der Waals surface area contributed by atoms with Crippen molar-refractivity contribution in [2.24, 2.45) is 0 Å². The molecule has 82 valence electrons. The van der Waals surface area contributed by atoms with Gasteiger partial charge < -0.3 is 5.32 Å². The van der Waals surface area contributed by atoms with Gasteiger partial charge in [-0.05, 0) is 50.1 Å². The third-order valence-electron chi connectivity index (χ3n) is 1.83. The molecule has 0 amide bonds. The van der Waals surface area contributed by atoms with Crippen LogP contribution in [0, 0.1) is 5.82 Å². The Bertz CT molecular complexity index is 519. The first-order valence-electron chi connectivity index (χ1n) is 4.35. The fourth-order valence-electron chi connectivity index (χ4n) is 1.12. The van der Waals surface area contributed by atoms with Crippen LogP contribution in [0.5, 0.6) is 0 Å². The summed E-state index contributed by atoms with van der Waals surface area (Å²) in [7, 11) is 0. The number of halogens is 3. The van der Waals surface area contributed by atoms with Crippen LogP contribution in [0.4, 0.5) is 15.9 Å². The second-order valence-electron chi connectivity index (χ2n) is 2.98. The van der Waals surface area contributed by atoms with Crippen LogP contribution in [-0.4, -0.2) is 9.97 Å². The van der Waals surface area contributed by atoms with Crippen LogP contribution in [0.2, 0.25) is 0 Å². The van der Waals surface area contributed by atoms with E-state index in [-0.39, 0.29) is 5.82 Å². The predicted molar refractivity (Wildman–Crippen MR) is 67.1 cm³/mol. The van der Waals surface area contributed by atoms with Crippen molar-refractivity contribution >= 4 is 43.4 Å². The van der Waals surface area contributed by atoms with E-state index in [1.807, 2.05) is 0 Å². The van der Waals surface area contributed by atoms with E-state index in [4.69, 9.17) is 0 Å². The monoisotopic (exact) mass is 345 g/mol. The Morgan fingerprint density at radius 1 is 1.12 bits per heavy atom. The van der Waals surface area contributed by atoms with Gasteiger partial charge in [0.1, 0.15) is 22.6 Å². The van der Waals surface area contributed by atoms with Crippen molar-refractivity contribution in [2.45, 2.75) is 0 Å². The minimum atomic E-state index is -0.297. The summed E-state index contributed by atoms with van der Waals surface area (Å²) in [5.74, 6) is 0.342. The Labute approximate surface area is 108 Å². The van der Waals surface area contributed by atoms with Crippen molar-refractivity contribution in [3.05, 3.63) is 45.5 Å². The van der Waals surface area contributed by atoms with E-state index in [1.54, 1.807) is 18.2 Å². The van der Waals surface area contributed by atoms with Gasteiger partial charge in [0.25, 0.3) is 0 Å². The highest BCUT2D eigenvalue weighted by atomic mass is 79.9. The van der Waals surface area contributed by atoms with Gasteiger partial charge in [-0.25, -0.2) is 14.4 Å². The quantitative estimate of drug-likeness (QED) is 0.838. The molecule has 0 unspecified atom stereocenters. The highest BCUT2D eigenvalue weighted by Gasteiger charge is 2.01. The molecular weight excluding hydrogens is 341 g/mol. The molecule has 2 rings (SSSR count). The first-order valence-corrected chi connectivity index (χ1v) is 5.93. The highest BCUT2D eigenvalue weighted by Crippen LogP contribution is 2.22. The van der Waals surface area contributed by atoms with E-state index in [0.29, 0.717) is 14.9 Å². The molecule has 1 N–H and O–H groups in total. The summed E-state index contributed by atoms with van der Waals surface area (Å²) >= 11 is 6.36. The van der Waals surface area contributed by atoms with E-state index in [1.165, 1.54) is 12.4 Å². The van der Waals surface area contributed by atoms with Crippen LogP contribution in [0.15, 0.2) is 39.7 Å². The van der Waals surface area contributed by atoms with Gasteiger partial charge >= 0.3 is 0 Å². The van der Waals surface area contributed by atoms with Gasteiger partial charge in [-0.15, -0.1) is 0 Å². The Kier molecular flexibility index (Phi) is 3.50. The molecule has 0 aliphatic heterocycles. The molecule has 0 spiro atoms. The maximum Gasteiger partial charge on any atom is 0.137 e. The minimum absolute atomic E-state index is 0.297. The molecule has 0 aliphatic rings. The van der Waals surface area contributed by atoms with Crippen molar-refractivity contribution in [3.8, 4) is 0 Å². The topological polar surface area (TPSA) is 37.8 Å². The SMILES string of the molecule is Fc1ccc(Nc2cc(Br)ncn2)cc1Br. The van der Waals surface area contributed by atoms with Gasteiger partial charge in [-0.2, -0.15) is 0 Å². The van der Waals surface area contributed by atoms with Crippen LogP contribution in [-0.2, 0) is 0 Å². The Morgan fingerprint density at radius 2 is 1.94 bits per heavy atom. The number of nitrogens with zero attached hydrogens (tertiary/aromatic N) is 2. The molecule has 3 nitrogen and oxygen atoms in total. The summed E-state index contributed by atoms with van der Waals surface area (Å²) < 4.78 is 14.1. The Balaban J connectivity index is 2.24. The molecule has 2 aromatic rings. The molecule has 0 saturated heterocycles. The lowest BCUT2D eigenvalue weighted by atomic mass is 10.3. The van der Waals surface area contributed by atoms with Crippen LogP contribution in [0.3, 0.4) is 0 Å². The van der Waals surface area contributed by atoms with Crippen molar-refractivity contribution < 1.29 is 4.39 Å². The summed E-state index contributed by atoms with van der Waals surface area (Å²) in [5, 5.41) is 3.04. The normalized spacial score (nSPS) is 10.2. The van der Waals surface area contributed by atoms with Gasteiger partial charge in [-0.1, -0.05) is 0 Å². The first kappa shape index (κ1) is 11.5. The van der Waals surface area contributed by atoms with E-state index < -0.39 is 0 Å². The third kappa shape index (κ3) is 2.76. The van der Waals surface area contributed by atoms with E-state index in [0.717, 1.165) is 5.69 Å². The van der Waals surface area contributed by atoms with Crippen LogP contribution in [0.1, 0.15) is 0 Å². The van der Waals surface area contributed by atoms with Gasteiger partial charge in [0, 0.05) is 11.8 Å². The van der Waals surface area contributed by atoms with Gasteiger partial charge in [0.2, 0.25) is 0 Å². The van der Waals surface area contributed by atoms with Crippen molar-refractivity contribution in [2.75, 3.05) is 5.32 Å². The number of anilines is 2. The average molecular weight is 347 g/mol. The standard InChI is InChI=1S/C10H6Br2FN3/c11-7-3-6(1-2-8(7)13)16-10-4-9(12)14-5-15-10/h1-5H,(H,14,15,16). The Hall–Kier alpha value is -1.01. The van der Waals surface area contributed by atoms with Gasteiger partial charge in [-0.3, -0.25) is 0 Å². The fraction of sp³-hybridized carbons (Fsp3) is 0. The minimum Gasteiger partial charge on any atom is -0.340 e.